The average molecular weight is 348 g/mol. The molecular weight excluding hydrogens is 320 g/mol. The van der Waals surface area contributed by atoms with E-state index in [0.717, 1.165) is 38.8 Å². The standard InChI is InChI=1S/C19H28N2O4/c1-24-18(23)14-16-4-10-20(11-5-16)17(22)15-19(6-12-25-13-7-19)21-8-2-3-9-21/h2-3,8-9,16H,4-7,10-15H2,1H3. The van der Waals surface area contributed by atoms with Gasteiger partial charge in [0.05, 0.1) is 19.1 Å². The van der Waals surface area contributed by atoms with Crippen molar-refractivity contribution >= 4 is 11.9 Å². The first kappa shape index (κ1) is 18.0. The first-order valence-electron chi connectivity index (χ1n) is 9.19. The fraction of sp³-hybridized carbons (Fsp3) is 0.684. The van der Waals surface area contributed by atoms with Crippen LogP contribution in [0.2, 0.25) is 0 Å². The van der Waals surface area contributed by atoms with Gasteiger partial charge in [0.15, 0.2) is 0 Å². The van der Waals surface area contributed by atoms with Crippen LogP contribution in [0.25, 0.3) is 0 Å². The number of hydrogen-bond acceptors (Lipinski definition) is 4. The summed E-state index contributed by atoms with van der Waals surface area (Å²) in [5.74, 6) is 0.392. The zero-order chi connectivity index (χ0) is 17.7. The molecular formula is C19H28N2O4. The summed E-state index contributed by atoms with van der Waals surface area (Å²) in [6.45, 7) is 2.87. The normalized spacial score (nSPS) is 21.1. The minimum absolute atomic E-state index is 0.154. The Hall–Kier alpha value is -1.82. The predicted molar refractivity (Wildman–Crippen MR) is 93.0 cm³/mol. The first-order valence-corrected chi connectivity index (χ1v) is 9.19. The Morgan fingerprint density at radius 3 is 2.40 bits per heavy atom. The topological polar surface area (TPSA) is 60.8 Å². The molecule has 0 bridgehead atoms. The maximum Gasteiger partial charge on any atom is 0.305 e. The Labute approximate surface area is 149 Å². The number of aromatic nitrogens is 1. The zero-order valence-electron chi connectivity index (χ0n) is 15.0. The summed E-state index contributed by atoms with van der Waals surface area (Å²) >= 11 is 0. The first-order chi connectivity index (χ1) is 12.1. The molecule has 0 N–H and O–H groups in total. The monoisotopic (exact) mass is 348 g/mol. The van der Waals surface area contributed by atoms with E-state index in [4.69, 9.17) is 9.47 Å². The molecule has 0 radical (unpaired) electrons. The predicted octanol–water partition coefficient (Wildman–Crippen LogP) is 2.19. The second-order valence-corrected chi connectivity index (χ2v) is 7.21. The number of carbonyl (C=O) groups excluding carboxylic acids is 2. The van der Waals surface area contributed by atoms with E-state index in [1.807, 2.05) is 17.0 Å². The van der Waals surface area contributed by atoms with Crippen molar-refractivity contribution in [1.29, 1.82) is 0 Å². The SMILES string of the molecule is COC(=O)CC1CCN(C(=O)CC2(n3cccc3)CCOCC2)CC1. The molecule has 1 aromatic heterocycles. The Kier molecular flexibility index (Phi) is 5.78. The number of rotatable bonds is 5. The molecule has 0 aromatic carbocycles. The molecule has 2 aliphatic heterocycles. The van der Waals surface area contributed by atoms with Crippen LogP contribution in [0.15, 0.2) is 24.5 Å². The van der Waals surface area contributed by atoms with Crippen molar-refractivity contribution in [2.45, 2.75) is 44.1 Å². The summed E-state index contributed by atoms with van der Waals surface area (Å²) in [7, 11) is 1.43. The molecule has 6 nitrogen and oxygen atoms in total. The average Bonchev–Trinajstić information content (AvgIpc) is 3.18. The number of likely N-dealkylation sites (tertiary alicyclic amines) is 1. The van der Waals surface area contributed by atoms with Crippen molar-refractivity contribution in [3.63, 3.8) is 0 Å². The van der Waals surface area contributed by atoms with E-state index in [9.17, 15) is 9.59 Å². The highest BCUT2D eigenvalue weighted by molar-refractivity contribution is 5.77. The highest BCUT2D eigenvalue weighted by atomic mass is 16.5. The summed E-state index contributed by atoms with van der Waals surface area (Å²) in [4.78, 5) is 26.3. The summed E-state index contributed by atoms with van der Waals surface area (Å²) in [5, 5.41) is 0. The van der Waals surface area contributed by atoms with Gasteiger partial charge in [-0.2, -0.15) is 0 Å². The van der Waals surface area contributed by atoms with Gasteiger partial charge in [0, 0.05) is 45.1 Å². The molecule has 25 heavy (non-hydrogen) atoms. The van der Waals surface area contributed by atoms with Gasteiger partial charge in [-0.05, 0) is 43.7 Å². The van der Waals surface area contributed by atoms with Gasteiger partial charge in [-0.25, -0.2) is 0 Å². The van der Waals surface area contributed by atoms with E-state index in [-0.39, 0.29) is 17.4 Å². The van der Waals surface area contributed by atoms with E-state index in [2.05, 4.69) is 17.0 Å². The highest BCUT2D eigenvalue weighted by Crippen LogP contribution is 2.34. The Morgan fingerprint density at radius 2 is 1.80 bits per heavy atom. The van der Waals surface area contributed by atoms with E-state index in [0.29, 0.717) is 32.0 Å². The van der Waals surface area contributed by atoms with E-state index < -0.39 is 0 Å². The van der Waals surface area contributed by atoms with E-state index >= 15 is 0 Å². The quantitative estimate of drug-likeness (QED) is 0.765. The largest absolute Gasteiger partial charge is 0.469 e. The van der Waals surface area contributed by atoms with Crippen LogP contribution < -0.4 is 0 Å². The van der Waals surface area contributed by atoms with Gasteiger partial charge in [-0.3, -0.25) is 9.59 Å². The molecule has 0 atom stereocenters. The fourth-order valence-corrected chi connectivity index (χ4v) is 4.03. The minimum atomic E-state index is -0.165. The molecule has 2 saturated heterocycles. The Morgan fingerprint density at radius 1 is 1.16 bits per heavy atom. The maximum absolute atomic E-state index is 12.9. The lowest BCUT2D eigenvalue weighted by atomic mass is 9.85. The number of piperidine rings is 1. The molecule has 0 saturated carbocycles. The number of hydrogen-bond donors (Lipinski definition) is 0. The molecule has 3 rings (SSSR count). The van der Waals surface area contributed by atoms with Gasteiger partial charge < -0.3 is 18.9 Å². The molecule has 0 aliphatic carbocycles. The third-order valence-electron chi connectivity index (χ3n) is 5.71. The van der Waals surface area contributed by atoms with Crippen LogP contribution in [-0.4, -0.2) is 54.8 Å². The van der Waals surface area contributed by atoms with E-state index in [1.54, 1.807) is 0 Å². The number of nitrogens with zero attached hydrogens (tertiary/aromatic N) is 2. The third-order valence-corrected chi connectivity index (χ3v) is 5.71. The van der Waals surface area contributed by atoms with Gasteiger partial charge in [0.1, 0.15) is 0 Å². The number of methoxy groups -OCH3 is 1. The molecule has 1 amide bonds. The van der Waals surface area contributed by atoms with Gasteiger partial charge in [-0.1, -0.05) is 0 Å². The van der Waals surface area contributed by atoms with Crippen LogP contribution in [0.5, 0.6) is 0 Å². The van der Waals surface area contributed by atoms with Crippen molar-refractivity contribution in [3.8, 4) is 0 Å². The molecule has 0 unspecified atom stereocenters. The van der Waals surface area contributed by atoms with Crippen molar-refractivity contribution in [2.24, 2.45) is 5.92 Å². The molecule has 138 valence electrons. The Balaban J connectivity index is 1.59. The smallest absolute Gasteiger partial charge is 0.305 e. The summed E-state index contributed by atoms with van der Waals surface area (Å²) in [6.07, 6.45) is 8.58. The summed E-state index contributed by atoms with van der Waals surface area (Å²) < 4.78 is 12.5. The van der Waals surface area contributed by atoms with E-state index in [1.165, 1.54) is 7.11 Å². The lowest BCUT2D eigenvalue weighted by Gasteiger charge is -2.40. The number of amides is 1. The van der Waals surface area contributed by atoms with Crippen molar-refractivity contribution < 1.29 is 19.1 Å². The molecule has 2 aliphatic rings. The van der Waals surface area contributed by atoms with Crippen LogP contribution in [0, 0.1) is 5.92 Å². The van der Waals surface area contributed by atoms with Gasteiger partial charge in [-0.15, -0.1) is 0 Å². The van der Waals surface area contributed by atoms with Crippen molar-refractivity contribution in [3.05, 3.63) is 24.5 Å². The minimum Gasteiger partial charge on any atom is -0.469 e. The lowest BCUT2D eigenvalue weighted by Crippen LogP contribution is -2.46. The van der Waals surface area contributed by atoms with Crippen LogP contribution in [0.4, 0.5) is 0 Å². The number of esters is 1. The van der Waals surface area contributed by atoms with Crippen LogP contribution in [0.1, 0.15) is 38.5 Å². The van der Waals surface area contributed by atoms with Crippen molar-refractivity contribution in [2.75, 3.05) is 33.4 Å². The van der Waals surface area contributed by atoms with Crippen LogP contribution in [-0.2, 0) is 24.6 Å². The van der Waals surface area contributed by atoms with Gasteiger partial charge >= 0.3 is 5.97 Å². The number of carbonyl (C=O) groups is 2. The van der Waals surface area contributed by atoms with Gasteiger partial charge in [0.2, 0.25) is 5.91 Å². The summed E-state index contributed by atoms with van der Waals surface area (Å²) in [5.41, 5.74) is -0.165. The van der Waals surface area contributed by atoms with Crippen LogP contribution in [0.3, 0.4) is 0 Å². The second-order valence-electron chi connectivity index (χ2n) is 7.21. The van der Waals surface area contributed by atoms with Crippen molar-refractivity contribution in [1.82, 2.24) is 9.47 Å². The Bertz CT molecular complexity index is 570. The lowest BCUT2D eigenvalue weighted by molar-refractivity contribution is -0.142. The maximum atomic E-state index is 12.9. The van der Waals surface area contributed by atoms with Gasteiger partial charge in [0.25, 0.3) is 0 Å². The number of ether oxygens (including phenoxy) is 2. The molecule has 0 spiro atoms. The molecule has 1 aromatic rings. The highest BCUT2D eigenvalue weighted by Gasteiger charge is 2.38. The molecule has 3 heterocycles. The third kappa shape index (κ3) is 4.24. The fourth-order valence-electron chi connectivity index (χ4n) is 4.03. The zero-order valence-corrected chi connectivity index (χ0v) is 15.0. The molecule has 2 fully saturated rings. The van der Waals surface area contributed by atoms with Crippen LogP contribution >= 0.6 is 0 Å². The summed E-state index contributed by atoms with van der Waals surface area (Å²) in [6, 6.07) is 4.03. The second kappa shape index (κ2) is 8.04. The molecule has 6 heteroatoms.